The van der Waals surface area contributed by atoms with Crippen molar-refractivity contribution in [3.63, 3.8) is 0 Å². The van der Waals surface area contributed by atoms with Crippen LogP contribution in [0.1, 0.15) is 31.7 Å². The van der Waals surface area contributed by atoms with Crippen molar-refractivity contribution in [2.24, 2.45) is 16.6 Å². The fourth-order valence-corrected chi connectivity index (χ4v) is 5.61. The topological polar surface area (TPSA) is 79.0 Å². The minimum atomic E-state index is -3.47. The number of piperidine rings is 1. The van der Waals surface area contributed by atoms with Gasteiger partial charge in [0.15, 0.2) is 5.96 Å². The van der Waals surface area contributed by atoms with Crippen molar-refractivity contribution >= 4 is 16.0 Å². The molecule has 2 aliphatic heterocycles. The van der Waals surface area contributed by atoms with E-state index in [4.69, 9.17) is 10.7 Å². The second-order valence-electron chi connectivity index (χ2n) is 7.47. The number of aryl methyl sites for hydroxylation is 1. The highest BCUT2D eigenvalue weighted by molar-refractivity contribution is 7.89. The summed E-state index contributed by atoms with van der Waals surface area (Å²) in [6.45, 7) is 5.89. The Hall–Kier alpha value is -1.60. The summed E-state index contributed by atoms with van der Waals surface area (Å²) in [5.41, 5.74) is 6.53. The highest BCUT2D eigenvalue weighted by Gasteiger charge is 2.42. The van der Waals surface area contributed by atoms with Crippen LogP contribution in [0.4, 0.5) is 0 Å². The Bertz CT molecular complexity index is 777. The first-order valence-corrected chi connectivity index (χ1v) is 10.3. The Labute approximate surface area is 150 Å². The van der Waals surface area contributed by atoms with Crippen LogP contribution in [0.15, 0.2) is 34.2 Å². The zero-order valence-corrected chi connectivity index (χ0v) is 16.1. The van der Waals surface area contributed by atoms with E-state index in [2.05, 4.69) is 6.92 Å². The molecule has 2 N–H and O–H groups in total. The van der Waals surface area contributed by atoms with Crippen LogP contribution in [0.5, 0.6) is 0 Å². The molecule has 1 aromatic carbocycles. The number of rotatable bonds is 3. The Balaban J connectivity index is 1.86. The lowest BCUT2D eigenvalue weighted by atomic mass is 9.78. The van der Waals surface area contributed by atoms with Crippen LogP contribution in [-0.4, -0.2) is 55.8 Å². The van der Waals surface area contributed by atoms with Crippen LogP contribution in [0.2, 0.25) is 0 Å². The number of aliphatic imine (C=N–C) groups is 1. The number of nitrogens with two attached hydrogens (primary N) is 1. The molecule has 0 aromatic heterocycles. The van der Waals surface area contributed by atoms with Crippen molar-refractivity contribution < 1.29 is 8.42 Å². The predicted molar refractivity (Wildman–Crippen MR) is 99.9 cm³/mol. The second-order valence-corrected chi connectivity index (χ2v) is 9.37. The summed E-state index contributed by atoms with van der Waals surface area (Å²) in [6, 6.07) is 7.19. The average molecular weight is 365 g/mol. The van der Waals surface area contributed by atoms with Crippen LogP contribution in [-0.2, 0) is 10.0 Å². The first kappa shape index (κ1) is 18.2. The van der Waals surface area contributed by atoms with Crippen molar-refractivity contribution in [2.75, 3.05) is 26.7 Å². The van der Waals surface area contributed by atoms with Gasteiger partial charge in [-0.2, -0.15) is 4.31 Å². The molecule has 7 heteroatoms. The standard InChI is InChI=1S/C18H28N4O2S/c1-14-7-4-5-9-16(14)25(23,24)22-11-6-8-15(13-22)18(2)10-12-21(3)17(19)20-18/h4-5,7,9,15H,6,8,10-13H2,1-3H3,(H2,19,20)/t15?,18-/m0/s1. The van der Waals surface area contributed by atoms with Crippen LogP contribution in [0.3, 0.4) is 0 Å². The Kier molecular flexibility index (Phi) is 4.81. The van der Waals surface area contributed by atoms with Gasteiger partial charge in [-0.3, -0.25) is 0 Å². The molecule has 0 bridgehead atoms. The highest BCUT2D eigenvalue weighted by atomic mass is 32.2. The van der Waals surface area contributed by atoms with E-state index in [1.54, 1.807) is 16.4 Å². The minimum Gasteiger partial charge on any atom is -0.370 e. The number of hydrogen-bond donors (Lipinski definition) is 1. The smallest absolute Gasteiger partial charge is 0.243 e. The molecule has 1 unspecified atom stereocenters. The van der Waals surface area contributed by atoms with Gasteiger partial charge in [0.05, 0.1) is 10.4 Å². The summed E-state index contributed by atoms with van der Waals surface area (Å²) in [5, 5.41) is 0. The molecule has 2 heterocycles. The van der Waals surface area contributed by atoms with Gasteiger partial charge in [-0.1, -0.05) is 18.2 Å². The molecule has 0 radical (unpaired) electrons. The fraction of sp³-hybridized carbons (Fsp3) is 0.611. The quantitative estimate of drug-likeness (QED) is 0.887. The summed E-state index contributed by atoms with van der Waals surface area (Å²) < 4.78 is 27.9. The lowest BCUT2D eigenvalue weighted by Gasteiger charge is -2.44. The zero-order chi connectivity index (χ0) is 18.2. The first-order chi connectivity index (χ1) is 11.7. The third-order valence-corrected chi connectivity index (χ3v) is 7.71. The molecular weight excluding hydrogens is 336 g/mol. The maximum Gasteiger partial charge on any atom is 0.243 e. The third-order valence-electron chi connectivity index (χ3n) is 5.69. The average Bonchev–Trinajstić information content (AvgIpc) is 2.59. The Morgan fingerprint density at radius 3 is 2.68 bits per heavy atom. The maximum absolute atomic E-state index is 13.1. The summed E-state index contributed by atoms with van der Waals surface area (Å²) >= 11 is 0. The second kappa shape index (κ2) is 6.61. The lowest BCUT2D eigenvalue weighted by molar-refractivity contribution is 0.159. The van der Waals surface area contributed by atoms with E-state index in [9.17, 15) is 8.42 Å². The summed E-state index contributed by atoms with van der Waals surface area (Å²) in [6.07, 6.45) is 2.74. The van der Waals surface area contributed by atoms with Gasteiger partial charge in [0.25, 0.3) is 0 Å². The van der Waals surface area contributed by atoms with Crippen LogP contribution < -0.4 is 5.73 Å². The van der Waals surface area contributed by atoms with E-state index in [0.29, 0.717) is 23.9 Å². The van der Waals surface area contributed by atoms with Gasteiger partial charge < -0.3 is 10.6 Å². The van der Waals surface area contributed by atoms with Gasteiger partial charge in [-0.15, -0.1) is 0 Å². The van der Waals surface area contributed by atoms with Gasteiger partial charge in [0, 0.05) is 26.7 Å². The van der Waals surface area contributed by atoms with Gasteiger partial charge in [0.2, 0.25) is 10.0 Å². The largest absolute Gasteiger partial charge is 0.370 e. The normalized spacial score (nSPS) is 28.7. The van der Waals surface area contributed by atoms with Crippen molar-refractivity contribution in [3.05, 3.63) is 29.8 Å². The monoisotopic (exact) mass is 364 g/mol. The maximum atomic E-state index is 13.1. The van der Waals surface area contributed by atoms with E-state index in [-0.39, 0.29) is 11.5 Å². The summed E-state index contributed by atoms with van der Waals surface area (Å²) in [4.78, 5) is 7.08. The first-order valence-electron chi connectivity index (χ1n) is 8.86. The molecule has 6 nitrogen and oxygen atoms in total. The molecule has 2 atom stereocenters. The van der Waals surface area contributed by atoms with Crippen molar-refractivity contribution in [2.45, 2.75) is 43.5 Å². The molecule has 138 valence electrons. The molecule has 0 saturated carbocycles. The molecular formula is C18H28N4O2S. The van der Waals surface area contributed by atoms with E-state index in [1.165, 1.54) is 0 Å². The zero-order valence-electron chi connectivity index (χ0n) is 15.3. The van der Waals surface area contributed by atoms with Crippen molar-refractivity contribution in [1.29, 1.82) is 0 Å². The van der Waals surface area contributed by atoms with Gasteiger partial charge in [0.1, 0.15) is 0 Å². The third kappa shape index (κ3) is 3.40. The SMILES string of the molecule is Cc1ccccc1S(=O)(=O)N1CCCC([C@]2(C)CCN(C)C(N)=N2)C1. The highest BCUT2D eigenvalue weighted by Crippen LogP contribution is 2.36. The molecule has 1 saturated heterocycles. The van der Waals surface area contributed by atoms with E-state index in [1.807, 2.05) is 31.0 Å². The number of benzene rings is 1. The number of nitrogens with zero attached hydrogens (tertiary/aromatic N) is 3. The molecule has 0 spiro atoms. The summed E-state index contributed by atoms with van der Waals surface area (Å²) in [5.74, 6) is 0.736. The number of guanidine groups is 1. The molecule has 1 aromatic rings. The van der Waals surface area contributed by atoms with Crippen molar-refractivity contribution in [1.82, 2.24) is 9.21 Å². The fourth-order valence-electron chi connectivity index (χ4n) is 3.86. The minimum absolute atomic E-state index is 0.187. The van der Waals surface area contributed by atoms with Gasteiger partial charge >= 0.3 is 0 Å². The molecule has 25 heavy (non-hydrogen) atoms. The molecule has 2 aliphatic rings. The Morgan fingerprint density at radius 2 is 2.00 bits per heavy atom. The number of sulfonamides is 1. The van der Waals surface area contributed by atoms with Gasteiger partial charge in [-0.25, -0.2) is 13.4 Å². The van der Waals surface area contributed by atoms with Crippen LogP contribution in [0.25, 0.3) is 0 Å². The van der Waals surface area contributed by atoms with Gasteiger partial charge in [-0.05, 0) is 50.7 Å². The van der Waals surface area contributed by atoms with Crippen LogP contribution >= 0.6 is 0 Å². The predicted octanol–water partition coefficient (Wildman–Crippen LogP) is 1.80. The molecule has 3 rings (SSSR count). The molecule has 0 aliphatic carbocycles. The molecule has 0 amide bonds. The lowest BCUT2D eigenvalue weighted by Crippen LogP contribution is -2.53. The summed E-state index contributed by atoms with van der Waals surface area (Å²) in [7, 11) is -1.53. The van der Waals surface area contributed by atoms with E-state index >= 15 is 0 Å². The van der Waals surface area contributed by atoms with Crippen LogP contribution in [0, 0.1) is 12.8 Å². The van der Waals surface area contributed by atoms with E-state index < -0.39 is 10.0 Å². The van der Waals surface area contributed by atoms with E-state index in [0.717, 1.165) is 31.4 Å². The number of hydrogen-bond acceptors (Lipinski definition) is 5. The van der Waals surface area contributed by atoms with Crippen molar-refractivity contribution in [3.8, 4) is 0 Å². The molecule has 1 fully saturated rings. The Morgan fingerprint density at radius 1 is 1.28 bits per heavy atom.